The fourth-order valence-corrected chi connectivity index (χ4v) is 3.10. The molecule has 0 atom stereocenters. The number of carbonyl (C=O) groups excluding carboxylic acids is 2. The number of ether oxygens (including phenoxy) is 1. The number of fused-ring (bicyclic) bond motifs is 1. The summed E-state index contributed by atoms with van der Waals surface area (Å²) in [6, 6.07) is 3.84. The molecule has 1 aromatic rings. The average Bonchev–Trinajstić information content (AvgIpc) is 2.41. The number of halogens is 2. The summed E-state index contributed by atoms with van der Waals surface area (Å²) in [7, 11) is 0. The Morgan fingerprint density at radius 2 is 1.90 bits per heavy atom. The van der Waals surface area contributed by atoms with Crippen LogP contribution in [0.3, 0.4) is 0 Å². The second-order valence-electron chi connectivity index (χ2n) is 4.30. The molecular formula is C14H12I2O4. The number of hydrogen-bond acceptors (Lipinski definition) is 4. The van der Waals surface area contributed by atoms with Crippen LogP contribution in [0.5, 0.6) is 0 Å². The monoisotopic (exact) mass is 498 g/mol. The first kappa shape index (κ1) is 15.7. The summed E-state index contributed by atoms with van der Waals surface area (Å²) >= 11 is 4.41. The minimum absolute atomic E-state index is 0.0985. The molecule has 0 amide bonds. The SMILES string of the molecule is CCOC(=O)C(=O)C1=C(O)c2cc(I)c(I)cc2CC1. The van der Waals surface area contributed by atoms with Crippen molar-refractivity contribution in [1.82, 2.24) is 0 Å². The normalized spacial score (nSPS) is 13.9. The van der Waals surface area contributed by atoms with E-state index < -0.39 is 11.8 Å². The van der Waals surface area contributed by atoms with E-state index in [9.17, 15) is 14.7 Å². The van der Waals surface area contributed by atoms with Gasteiger partial charge in [0, 0.05) is 18.3 Å². The van der Waals surface area contributed by atoms with Crippen molar-refractivity contribution >= 4 is 62.7 Å². The van der Waals surface area contributed by atoms with E-state index >= 15 is 0 Å². The summed E-state index contributed by atoms with van der Waals surface area (Å²) in [4.78, 5) is 23.5. The molecule has 2 rings (SSSR count). The fraction of sp³-hybridized carbons (Fsp3) is 0.286. The van der Waals surface area contributed by atoms with Gasteiger partial charge in [0.2, 0.25) is 0 Å². The minimum Gasteiger partial charge on any atom is -0.507 e. The molecule has 0 aromatic heterocycles. The Bertz CT molecular complexity index is 620. The van der Waals surface area contributed by atoms with Gasteiger partial charge in [0.05, 0.1) is 6.61 Å². The zero-order valence-corrected chi connectivity index (χ0v) is 15.0. The van der Waals surface area contributed by atoms with Crippen molar-refractivity contribution in [2.45, 2.75) is 19.8 Å². The Balaban J connectivity index is 2.43. The molecule has 1 N–H and O–H groups in total. The van der Waals surface area contributed by atoms with Crippen LogP contribution < -0.4 is 0 Å². The predicted molar refractivity (Wildman–Crippen MR) is 91.4 cm³/mol. The van der Waals surface area contributed by atoms with Crippen molar-refractivity contribution in [2.75, 3.05) is 6.61 Å². The Morgan fingerprint density at radius 1 is 1.25 bits per heavy atom. The van der Waals surface area contributed by atoms with Gasteiger partial charge >= 0.3 is 5.97 Å². The lowest BCUT2D eigenvalue weighted by atomic mass is 9.89. The van der Waals surface area contributed by atoms with Gasteiger partial charge in [0.25, 0.3) is 5.78 Å². The Morgan fingerprint density at radius 3 is 2.55 bits per heavy atom. The van der Waals surface area contributed by atoms with Crippen molar-refractivity contribution in [2.24, 2.45) is 0 Å². The molecule has 0 fully saturated rings. The number of esters is 1. The fourth-order valence-electron chi connectivity index (χ4n) is 2.10. The standard InChI is InChI=1S/C14H12I2O4/c1-2-20-14(19)13(18)8-4-3-7-5-10(15)11(16)6-9(7)12(8)17/h5-6,17H,2-4H2,1H3. The van der Waals surface area contributed by atoms with Crippen molar-refractivity contribution < 1.29 is 19.4 Å². The van der Waals surface area contributed by atoms with Crippen LogP contribution in [0.4, 0.5) is 0 Å². The van der Waals surface area contributed by atoms with Crippen LogP contribution in [0.1, 0.15) is 24.5 Å². The maximum Gasteiger partial charge on any atom is 0.379 e. The third-order valence-electron chi connectivity index (χ3n) is 3.07. The quantitative estimate of drug-likeness (QED) is 0.395. The van der Waals surface area contributed by atoms with Crippen LogP contribution in [0.2, 0.25) is 0 Å². The lowest BCUT2D eigenvalue weighted by Crippen LogP contribution is -2.22. The molecule has 0 spiro atoms. The Kier molecular flexibility index (Phi) is 5.05. The first-order chi connectivity index (χ1) is 9.45. The number of aryl methyl sites for hydroxylation is 1. The van der Waals surface area contributed by atoms with E-state index in [4.69, 9.17) is 4.74 Å². The first-order valence-electron chi connectivity index (χ1n) is 6.07. The molecule has 1 aromatic carbocycles. The number of Topliss-reactive ketones (excluding diaryl/α,β-unsaturated/α-hetero) is 1. The maximum absolute atomic E-state index is 12.0. The van der Waals surface area contributed by atoms with Crippen LogP contribution in [0.25, 0.3) is 5.76 Å². The molecule has 0 saturated heterocycles. The van der Waals surface area contributed by atoms with Gasteiger partial charge in [0.1, 0.15) is 5.76 Å². The summed E-state index contributed by atoms with van der Waals surface area (Å²) in [6.07, 6.45) is 0.986. The number of rotatable bonds is 3. The van der Waals surface area contributed by atoms with Crippen molar-refractivity contribution in [3.63, 3.8) is 0 Å². The summed E-state index contributed by atoms with van der Waals surface area (Å²) in [6.45, 7) is 1.78. The molecule has 0 saturated carbocycles. The number of hydrogen-bond donors (Lipinski definition) is 1. The summed E-state index contributed by atoms with van der Waals surface area (Å²) < 4.78 is 6.80. The zero-order chi connectivity index (χ0) is 14.9. The van der Waals surface area contributed by atoms with E-state index in [1.807, 2.05) is 12.1 Å². The van der Waals surface area contributed by atoms with E-state index in [2.05, 4.69) is 45.2 Å². The Hall–Kier alpha value is -0.640. The molecule has 1 aliphatic carbocycles. The topological polar surface area (TPSA) is 63.6 Å². The van der Waals surface area contributed by atoms with E-state index in [0.717, 1.165) is 12.7 Å². The molecule has 106 valence electrons. The van der Waals surface area contributed by atoms with Crippen LogP contribution in [0.15, 0.2) is 17.7 Å². The molecule has 1 aliphatic rings. The highest BCUT2D eigenvalue weighted by atomic mass is 127. The van der Waals surface area contributed by atoms with Gasteiger partial charge in [0.15, 0.2) is 0 Å². The highest BCUT2D eigenvalue weighted by molar-refractivity contribution is 14.1. The second-order valence-corrected chi connectivity index (χ2v) is 6.62. The van der Waals surface area contributed by atoms with Crippen LogP contribution in [-0.2, 0) is 20.7 Å². The van der Waals surface area contributed by atoms with Gasteiger partial charge in [-0.25, -0.2) is 4.79 Å². The van der Waals surface area contributed by atoms with Gasteiger partial charge in [-0.05, 0) is 82.6 Å². The van der Waals surface area contributed by atoms with Crippen molar-refractivity contribution in [3.05, 3.63) is 36.0 Å². The number of aliphatic hydroxyl groups excluding tert-OH is 1. The molecule has 0 bridgehead atoms. The van der Waals surface area contributed by atoms with Crippen molar-refractivity contribution in [3.8, 4) is 0 Å². The zero-order valence-electron chi connectivity index (χ0n) is 10.7. The van der Waals surface area contributed by atoms with Crippen LogP contribution >= 0.6 is 45.2 Å². The van der Waals surface area contributed by atoms with Crippen LogP contribution in [0, 0.1) is 7.14 Å². The number of carbonyl (C=O) groups is 2. The highest BCUT2D eigenvalue weighted by Crippen LogP contribution is 2.33. The molecule has 0 radical (unpaired) electrons. The molecule has 20 heavy (non-hydrogen) atoms. The van der Waals surface area contributed by atoms with Crippen molar-refractivity contribution in [1.29, 1.82) is 0 Å². The third-order valence-corrected chi connectivity index (χ3v) is 5.88. The van der Waals surface area contributed by atoms with Gasteiger partial charge in [-0.1, -0.05) is 0 Å². The molecular weight excluding hydrogens is 486 g/mol. The third kappa shape index (κ3) is 3.00. The maximum atomic E-state index is 12.0. The number of ketones is 1. The summed E-state index contributed by atoms with van der Waals surface area (Å²) in [5, 5.41) is 10.3. The summed E-state index contributed by atoms with van der Waals surface area (Å²) in [5.41, 5.74) is 1.77. The number of aliphatic hydroxyl groups is 1. The van der Waals surface area contributed by atoms with Gasteiger partial charge in [-0.15, -0.1) is 0 Å². The average molecular weight is 498 g/mol. The van der Waals surface area contributed by atoms with Gasteiger partial charge in [-0.2, -0.15) is 0 Å². The molecule has 0 aliphatic heterocycles. The van der Waals surface area contributed by atoms with E-state index in [1.165, 1.54) is 0 Å². The highest BCUT2D eigenvalue weighted by Gasteiger charge is 2.28. The first-order valence-corrected chi connectivity index (χ1v) is 8.23. The Labute approximate surface area is 143 Å². The molecule has 0 unspecified atom stereocenters. The number of benzene rings is 1. The molecule has 6 heteroatoms. The van der Waals surface area contributed by atoms with Gasteiger partial charge < -0.3 is 9.84 Å². The lowest BCUT2D eigenvalue weighted by molar-refractivity contribution is -0.151. The second kappa shape index (κ2) is 6.42. The predicted octanol–water partition coefficient (Wildman–Crippen LogP) is 3.24. The van der Waals surface area contributed by atoms with E-state index in [0.29, 0.717) is 18.4 Å². The lowest BCUT2D eigenvalue weighted by Gasteiger charge is -2.19. The smallest absolute Gasteiger partial charge is 0.379 e. The van der Waals surface area contributed by atoms with Gasteiger partial charge in [-0.3, -0.25) is 4.79 Å². The van der Waals surface area contributed by atoms with E-state index in [-0.39, 0.29) is 17.9 Å². The molecule has 4 nitrogen and oxygen atoms in total. The minimum atomic E-state index is -0.905. The summed E-state index contributed by atoms with van der Waals surface area (Å²) in [5.74, 6) is -1.75. The van der Waals surface area contributed by atoms with E-state index in [1.54, 1.807) is 6.92 Å². The largest absolute Gasteiger partial charge is 0.507 e. The van der Waals surface area contributed by atoms with Crippen LogP contribution in [-0.4, -0.2) is 23.5 Å². The molecule has 0 heterocycles.